The highest BCUT2D eigenvalue weighted by molar-refractivity contribution is 7.17. The molecule has 3 aliphatic rings. The molecule has 0 unspecified atom stereocenters. The summed E-state index contributed by atoms with van der Waals surface area (Å²) in [5.41, 5.74) is 2.42. The molecule has 8 heteroatoms. The van der Waals surface area contributed by atoms with E-state index in [9.17, 15) is 9.59 Å². The van der Waals surface area contributed by atoms with Gasteiger partial charge in [0.2, 0.25) is 0 Å². The molecule has 0 saturated carbocycles. The second-order valence-electron chi connectivity index (χ2n) is 9.49. The summed E-state index contributed by atoms with van der Waals surface area (Å²) in [5.74, 6) is 0.942. The molecule has 0 atom stereocenters. The molecule has 31 heavy (non-hydrogen) atoms. The molecule has 0 bridgehead atoms. The van der Waals surface area contributed by atoms with Crippen molar-refractivity contribution >= 4 is 33.8 Å². The number of likely N-dealkylation sites (N-methyl/N-ethyl adjacent to an activating group) is 1. The van der Waals surface area contributed by atoms with Crippen LogP contribution in [0.5, 0.6) is 5.75 Å². The number of carbonyl (C=O) groups is 2. The van der Waals surface area contributed by atoms with E-state index in [0.29, 0.717) is 30.9 Å². The van der Waals surface area contributed by atoms with Crippen LogP contribution < -0.4 is 9.64 Å². The third kappa shape index (κ3) is 3.83. The maximum Gasteiger partial charge on any atom is 0.254 e. The van der Waals surface area contributed by atoms with E-state index in [1.165, 1.54) is 11.3 Å². The van der Waals surface area contributed by atoms with E-state index in [1.807, 2.05) is 23.1 Å². The van der Waals surface area contributed by atoms with Crippen LogP contribution in [0.4, 0.5) is 10.8 Å². The molecule has 1 amide bonds. The van der Waals surface area contributed by atoms with Gasteiger partial charge in [-0.2, -0.15) is 0 Å². The average Bonchev–Trinajstić information content (AvgIpc) is 3.16. The summed E-state index contributed by atoms with van der Waals surface area (Å²) < 4.78 is 5.92. The van der Waals surface area contributed by atoms with Gasteiger partial charge in [0.05, 0.1) is 22.8 Å². The zero-order chi connectivity index (χ0) is 21.8. The van der Waals surface area contributed by atoms with Crippen LogP contribution in [0.3, 0.4) is 0 Å². The van der Waals surface area contributed by atoms with Crippen LogP contribution in [0, 0.1) is 5.41 Å². The number of amides is 1. The summed E-state index contributed by atoms with van der Waals surface area (Å²) >= 11 is 1.48. The second kappa shape index (κ2) is 7.60. The number of rotatable bonds is 2. The first-order valence-corrected chi connectivity index (χ1v) is 11.7. The van der Waals surface area contributed by atoms with Crippen LogP contribution in [0.15, 0.2) is 18.2 Å². The molecule has 0 radical (unpaired) electrons. The Balaban J connectivity index is 1.41. The van der Waals surface area contributed by atoms with Gasteiger partial charge >= 0.3 is 0 Å². The summed E-state index contributed by atoms with van der Waals surface area (Å²) in [7, 11) is 2.08. The molecule has 1 aliphatic carbocycles. The van der Waals surface area contributed by atoms with Crippen molar-refractivity contribution in [3.05, 3.63) is 34.3 Å². The number of ketones is 1. The van der Waals surface area contributed by atoms with Gasteiger partial charge in [-0.05, 0) is 37.1 Å². The van der Waals surface area contributed by atoms with Crippen molar-refractivity contribution in [3.63, 3.8) is 0 Å². The third-order valence-corrected chi connectivity index (χ3v) is 7.48. The molecular weight excluding hydrogens is 412 g/mol. The molecule has 7 nitrogen and oxygen atoms in total. The second-order valence-corrected chi connectivity index (χ2v) is 10.5. The Kier molecular flexibility index (Phi) is 5.01. The lowest BCUT2D eigenvalue weighted by molar-refractivity contribution is 0.0663. The highest BCUT2D eigenvalue weighted by Crippen LogP contribution is 2.43. The van der Waals surface area contributed by atoms with Gasteiger partial charge in [-0.15, -0.1) is 0 Å². The Bertz CT molecular complexity index is 1040. The van der Waals surface area contributed by atoms with Crippen LogP contribution in [-0.2, 0) is 6.42 Å². The minimum atomic E-state index is -0.0448. The Morgan fingerprint density at radius 1 is 1.13 bits per heavy atom. The fourth-order valence-electron chi connectivity index (χ4n) is 4.57. The molecule has 0 spiro atoms. The fraction of sp³-hybridized carbons (Fsp3) is 0.522. The number of fused-ring (bicyclic) bond motifs is 2. The minimum Gasteiger partial charge on any atom is -0.490 e. The Morgan fingerprint density at radius 2 is 1.90 bits per heavy atom. The summed E-state index contributed by atoms with van der Waals surface area (Å²) in [6, 6.07) is 5.68. The minimum absolute atomic E-state index is 0.0448. The van der Waals surface area contributed by atoms with Gasteiger partial charge in [0.15, 0.2) is 10.9 Å². The van der Waals surface area contributed by atoms with Crippen molar-refractivity contribution in [2.45, 2.75) is 26.7 Å². The third-order valence-electron chi connectivity index (χ3n) is 6.32. The number of carbonyl (C=O) groups excluding carboxylic acids is 2. The number of nitrogens with zero attached hydrogens (tertiary/aromatic N) is 4. The lowest BCUT2D eigenvalue weighted by Crippen LogP contribution is -2.47. The van der Waals surface area contributed by atoms with E-state index >= 15 is 0 Å². The molecule has 164 valence electrons. The fourth-order valence-corrected chi connectivity index (χ4v) is 5.63. The summed E-state index contributed by atoms with van der Waals surface area (Å²) in [6.45, 7) is 8.70. The molecule has 2 aromatic rings. The summed E-state index contributed by atoms with van der Waals surface area (Å²) in [6.07, 6.45) is 1.39. The number of aromatic nitrogens is 1. The molecule has 1 fully saturated rings. The van der Waals surface area contributed by atoms with E-state index in [2.05, 4.69) is 30.7 Å². The number of ether oxygens (including phenoxy) is 1. The van der Waals surface area contributed by atoms with Gasteiger partial charge < -0.3 is 19.4 Å². The Hall–Kier alpha value is -2.45. The van der Waals surface area contributed by atoms with Crippen molar-refractivity contribution in [3.8, 4) is 5.75 Å². The summed E-state index contributed by atoms with van der Waals surface area (Å²) in [5, 5.41) is 0.832. The standard InChI is InChI=1S/C23H28N4O3S/c1-23(2)13-16-20(18(28)14-23)31-22(24-16)27-10-11-30-19-12-15(4-5-17(19)27)21(29)26-8-6-25(3)7-9-26/h4-5,12H,6-11,13-14H2,1-3H3. The van der Waals surface area contributed by atoms with Crippen LogP contribution in [-0.4, -0.2) is 72.9 Å². The molecular formula is C23H28N4O3S. The normalized spacial score (nSPS) is 20.8. The predicted molar refractivity (Wildman–Crippen MR) is 121 cm³/mol. The number of anilines is 2. The van der Waals surface area contributed by atoms with Gasteiger partial charge in [-0.1, -0.05) is 25.2 Å². The molecule has 5 rings (SSSR count). The van der Waals surface area contributed by atoms with Crippen molar-refractivity contribution in [2.75, 3.05) is 51.3 Å². The number of benzene rings is 1. The van der Waals surface area contributed by atoms with Crippen LogP contribution in [0.1, 0.15) is 46.0 Å². The first-order chi connectivity index (χ1) is 14.8. The van der Waals surface area contributed by atoms with E-state index < -0.39 is 0 Å². The zero-order valence-corrected chi connectivity index (χ0v) is 19.1. The number of Topliss-reactive ketones (excluding diaryl/α,β-unsaturated/α-hetero) is 1. The first-order valence-electron chi connectivity index (χ1n) is 10.9. The molecule has 3 heterocycles. The van der Waals surface area contributed by atoms with E-state index in [0.717, 1.165) is 54.0 Å². The number of thiazole rings is 1. The molecule has 0 N–H and O–H groups in total. The maximum atomic E-state index is 13.0. The van der Waals surface area contributed by atoms with Gasteiger partial charge in [-0.3, -0.25) is 9.59 Å². The van der Waals surface area contributed by atoms with Crippen molar-refractivity contribution in [2.24, 2.45) is 5.41 Å². The average molecular weight is 441 g/mol. The maximum absolute atomic E-state index is 13.0. The highest BCUT2D eigenvalue weighted by Gasteiger charge is 2.35. The lowest BCUT2D eigenvalue weighted by atomic mass is 9.78. The molecule has 1 aromatic heterocycles. The molecule has 2 aliphatic heterocycles. The lowest BCUT2D eigenvalue weighted by Gasteiger charge is -2.33. The quantitative estimate of drug-likeness (QED) is 0.715. The number of piperazine rings is 1. The number of hydrogen-bond donors (Lipinski definition) is 0. The summed E-state index contributed by atoms with van der Waals surface area (Å²) in [4.78, 5) is 37.5. The van der Waals surface area contributed by atoms with Gasteiger partial charge in [0.1, 0.15) is 12.4 Å². The van der Waals surface area contributed by atoms with Crippen LogP contribution in [0.2, 0.25) is 0 Å². The Labute approximate surface area is 186 Å². The van der Waals surface area contributed by atoms with Gasteiger partial charge in [-0.25, -0.2) is 4.98 Å². The largest absolute Gasteiger partial charge is 0.490 e. The van der Waals surface area contributed by atoms with Crippen molar-refractivity contribution in [1.29, 1.82) is 0 Å². The monoisotopic (exact) mass is 440 g/mol. The zero-order valence-electron chi connectivity index (χ0n) is 18.3. The highest BCUT2D eigenvalue weighted by atomic mass is 32.1. The van der Waals surface area contributed by atoms with E-state index in [-0.39, 0.29) is 17.1 Å². The molecule has 1 saturated heterocycles. The topological polar surface area (TPSA) is 66.0 Å². The van der Waals surface area contributed by atoms with Crippen molar-refractivity contribution in [1.82, 2.24) is 14.8 Å². The van der Waals surface area contributed by atoms with Gasteiger partial charge in [0.25, 0.3) is 5.91 Å². The van der Waals surface area contributed by atoms with Crippen LogP contribution >= 0.6 is 11.3 Å². The van der Waals surface area contributed by atoms with E-state index in [1.54, 1.807) is 0 Å². The van der Waals surface area contributed by atoms with Crippen molar-refractivity contribution < 1.29 is 14.3 Å². The van der Waals surface area contributed by atoms with E-state index in [4.69, 9.17) is 9.72 Å². The first kappa shape index (κ1) is 20.5. The smallest absolute Gasteiger partial charge is 0.254 e. The predicted octanol–water partition coefficient (Wildman–Crippen LogP) is 3.22. The van der Waals surface area contributed by atoms with Gasteiger partial charge in [0, 0.05) is 38.2 Å². The number of hydrogen-bond acceptors (Lipinski definition) is 7. The Morgan fingerprint density at radius 3 is 2.68 bits per heavy atom. The molecule has 1 aromatic carbocycles. The SMILES string of the molecule is CN1CCN(C(=O)c2ccc3c(c2)OCCN3c2nc3c(s2)C(=O)CC(C)(C)C3)CC1. The van der Waals surface area contributed by atoms with Crippen LogP contribution in [0.25, 0.3) is 0 Å².